The Balaban J connectivity index is 1.66. The second-order valence-corrected chi connectivity index (χ2v) is 8.01. The van der Waals surface area contributed by atoms with Crippen molar-refractivity contribution in [1.82, 2.24) is 14.8 Å². The number of anilines is 1. The molecule has 25 heavy (non-hydrogen) atoms. The van der Waals surface area contributed by atoms with Gasteiger partial charge in [0, 0.05) is 33.6 Å². The maximum absolute atomic E-state index is 12.1. The molecule has 0 fully saturated rings. The van der Waals surface area contributed by atoms with Crippen molar-refractivity contribution in [2.75, 3.05) is 11.1 Å². The predicted molar refractivity (Wildman–Crippen MR) is 105 cm³/mol. The fraction of sp³-hybridized carbons (Fsp3) is 0.235. The van der Waals surface area contributed by atoms with Crippen LogP contribution in [0.2, 0.25) is 5.02 Å². The van der Waals surface area contributed by atoms with Crippen molar-refractivity contribution in [2.45, 2.75) is 19.0 Å². The standard InChI is InChI=1S/C17H17ClN4OS2/c1-10-11(2)24-8-14(10)16-20-21-17(22(16)3)25-9-15(23)19-13-6-4-5-12(18)7-13/h4-8H,9H2,1-3H3,(H,19,23). The van der Waals surface area contributed by atoms with E-state index in [1.165, 1.54) is 22.2 Å². The van der Waals surface area contributed by atoms with Crippen LogP contribution in [0, 0.1) is 13.8 Å². The Bertz CT molecular complexity index is 919. The molecular formula is C17H17ClN4OS2. The number of aromatic nitrogens is 3. The summed E-state index contributed by atoms with van der Waals surface area (Å²) in [4.78, 5) is 13.4. The molecule has 5 nitrogen and oxygen atoms in total. The lowest BCUT2D eigenvalue weighted by Crippen LogP contribution is -2.14. The predicted octanol–water partition coefficient (Wildman–Crippen LogP) is 4.54. The topological polar surface area (TPSA) is 59.8 Å². The van der Waals surface area contributed by atoms with Crippen molar-refractivity contribution in [1.29, 1.82) is 0 Å². The number of carbonyl (C=O) groups is 1. The molecule has 0 atom stereocenters. The van der Waals surface area contributed by atoms with Crippen molar-refractivity contribution >= 4 is 46.3 Å². The molecule has 2 aromatic heterocycles. The van der Waals surface area contributed by atoms with Crippen LogP contribution in [-0.4, -0.2) is 26.4 Å². The Kier molecular flexibility index (Phi) is 5.46. The second-order valence-electron chi connectivity index (χ2n) is 5.54. The van der Waals surface area contributed by atoms with Gasteiger partial charge < -0.3 is 9.88 Å². The summed E-state index contributed by atoms with van der Waals surface area (Å²) >= 11 is 8.98. The molecule has 1 amide bonds. The third-order valence-electron chi connectivity index (χ3n) is 3.80. The Morgan fingerprint density at radius 3 is 2.84 bits per heavy atom. The number of nitrogens with one attached hydrogen (secondary N) is 1. The smallest absolute Gasteiger partial charge is 0.234 e. The van der Waals surface area contributed by atoms with Crippen molar-refractivity contribution in [3.05, 3.63) is 45.1 Å². The van der Waals surface area contributed by atoms with Crippen molar-refractivity contribution < 1.29 is 4.79 Å². The van der Waals surface area contributed by atoms with E-state index in [4.69, 9.17) is 11.6 Å². The quantitative estimate of drug-likeness (QED) is 0.647. The highest BCUT2D eigenvalue weighted by Gasteiger charge is 2.16. The molecule has 0 unspecified atom stereocenters. The number of thioether (sulfide) groups is 1. The number of amides is 1. The Morgan fingerprint density at radius 1 is 1.36 bits per heavy atom. The van der Waals surface area contributed by atoms with Crippen molar-refractivity contribution in [3.8, 4) is 11.4 Å². The van der Waals surface area contributed by atoms with E-state index in [1.807, 2.05) is 11.6 Å². The number of benzene rings is 1. The van der Waals surface area contributed by atoms with Crippen molar-refractivity contribution in [2.24, 2.45) is 7.05 Å². The largest absolute Gasteiger partial charge is 0.325 e. The highest BCUT2D eigenvalue weighted by atomic mass is 35.5. The summed E-state index contributed by atoms with van der Waals surface area (Å²) in [6, 6.07) is 7.08. The maximum Gasteiger partial charge on any atom is 0.234 e. The summed E-state index contributed by atoms with van der Waals surface area (Å²) in [5, 5.41) is 14.7. The number of halogens is 1. The van der Waals surface area contributed by atoms with Gasteiger partial charge in [0.15, 0.2) is 11.0 Å². The Hall–Kier alpha value is -1.83. The van der Waals surface area contributed by atoms with Crippen LogP contribution in [0.1, 0.15) is 10.4 Å². The molecule has 3 rings (SSSR count). The van der Waals surface area contributed by atoms with E-state index in [1.54, 1.807) is 35.6 Å². The molecule has 2 heterocycles. The van der Waals surface area contributed by atoms with Gasteiger partial charge in [-0.1, -0.05) is 29.4 Å². The zero-order valence-electron chi connectivity index (χ0n) is 14.0. The van der Waals surface area contributed by atoms with Gasteiger partial charge in [0.1, 0.15) is 0 Å². The minimum atomic E-state index is -0.112. The lowest BCUT2D eigenvalue weighted by Gasteiger charge is -2.06. The summed E-state index contributed by atoms with van der Waals surface area (Å²) in [5.41, 5.74) is 2.99. The summed E-state index contributed by atoms with van der Waals surface area (Å²) in [7, 11) is 1.92. The fourth-order valence-electron chi connectivity index (χ4n) is 2.30. The Labute approximate surface area is 159 Å². The fourth-order valence-corrected chi connectivity index (χ4v) is 4.07. The van der Waals surface area contributed by atoms with Crippen LogP contribution >= 0.6 is 34.7 Å². The van der Waals surface area contributed by atoms with Gasteiger partial charge in [-0.25, -0.2) is 0 Å². The summed E-state index contributed by atoms with van der Waals surface area (Å²) in [6.45, 7) is 4.18. The number of rotatable bonds is 5. The average molecular weight is 393 g/mol. The SMILES string of the molecule is Cc1scc(-c2nnc(SCC(=O)Nc3cccc(Cl)c3)n2C)c1C. The van der Waals surface area contributed by atoms with Gasteiger partial charge in [0.2, 0.25) is 5.91 Å². The van der Waals surface area contributed by atoms with E-state index >= 15 is 0 Å². The number of thiophene rings is 1. The number of nitrogens with zero attached hydrogens (tertiary/aromatic N) is 3. The monoisotopic (exact) mass is 392 g/mol. The molecule has 0 radical (unpaired) electrons. The summed E-state index contributed by atoms with van der Waals surface area (Å²) in [6.07, 6.45) is 0. The van der Waals surface area contributed by atoms with Gasteiger partial charge in [-0.3, -0.25) is 4.79 Å². The molecule has 130 valence electrons. The molecule has 1 N–H and O–H groups in total. The first kappa shape index (κ1) is 18.0. The first-order valence-electron chi connectivity index (χ1n) is 7.58. The maximum atomic E-state index is 12.1. The van der Waals surface area contributed by atoms with Crippen LogP contribution in [0.15, 0.2) is 34.8 Å². The first-order chi connectivity index (χ1) is 12.0. The van der Waals surface area contributed by atoms with E-state index in [0.717, 1.165) is 11.4 Å². The van der Waals surface area contributed by atoms with Crippen LogP contribution in [-0.2, 0) is 11.8 Å². The molecular weight excluding hydrogens is 376 g/mol. The van der Waals surface area contributed by atoms with E-state index in [0.29, 0.717) is 15.9 Å². The van der Waals surface area contributed by atoms with E-state index < -0.39 is 0 Å². The molecule has 1 aromatic carbocycles. The van der Waals surface area contributed by atoms with Gasteiger partial charge >= 0.3 is 0 Å². The van der Waals surface area contributed by atoms with Gasteiger partial charge in [-0.05, 0) is 37.6 Å². The van der Waals surface area contributed by atoms with Gasteiger partial charge in [-0.2, -0.15) is 0 Å². The van der Waals surface area contributed by atoms with E-state index in [2.05, 4.69) is 34.7 Å². The molecule has 0 aliphatic carbocycles. The van der Waals surface area contributed by atoms with Gasteiger partial charge in [-0.15, -0.1) is 21.5 Å². The third kappa shape index (κ3) is 4.05. The molecule has 0 aliphatic heterocycles. The lowest BCUT2D eigenvalue weighted by atomic mass is 10.2. The number of hydrogen-bond donors (Lipinski definition) is 1. The van der Waals surface area contributed by atoms with Crippen LogP contribution in [0.3, 0.4) is 0 Å². The zero-order chi connectivity index (χ0) is 18.0. The van der Waals surface area contributed by atoms with E-state index in [-0.39, 0.29) is 11.7 Å². The number of aryl methyl sites for hydroxylation is 1. The molecule has 8 heteroatoms. The molecule has 0 aliphatic rings. The lowest BCUT2D eigenvalue weighted by molar-refractivity contribution is -0.113. The van der Waals surface area contributed by atoms with E-state index in [9.17, 15) is 4.79 Å². The van der Waals surface area contributed by atoms with Crippen molar-refractivity contribution in [3.63, 3.8) is 0 Å². The third-order valence-corrected chi connectivity index (χ3v) is 6.07. The van der Waals surface area contributed by atoms with Gasteiger partial charge in [0.05, 0.1) is 5.75 Å². The van der Waals surface area contributed by atoms with Crippen LogP contribution in [0.25, 0.3) is 11.4 Å². The average Bonchev–Trinajstić information content (AvgIpc) is 3.09. The number of hydrogen-bond acceptors (Lipinski definition) is 5. The van der Waals surface area contributed by atoms with Crippen LogP contribution in [0.4, 0.5) is 5.69 Å². The summed E-state index contributed by atoms with van der Waals surface area (Å²) in [5.74, 6) is 0.958. The molecule has 0 spiro atoms. The summed E-state index contributed by atoms with van der Waals surface area (Å²) < 4.78 is 1.92. The first-order valence-corrected chi connectivity index (χ1v) is 9.82. The van der Waals surface area contributed by atoms with Crippen LogP contribution < -0.4 is 5.32 Å². The molecule has 0 bridgehead atoms. The Morgan fingerprint density at radius 2 is 2.16 bits per heavy atom. The second kappa shape index (κ2) is 7.59. The molecule has 3 aromatic rings. The number of carbonyl (C=O) groups excluding carboxylic acids is 1. The zero-order valence-corrected chi connectivity index (χ0v) is 16.4. The highest BCUT2D eigenvalue weighted by Crippen LogP contribution is 2.30. The molecule has 0 saturated carbocycles. The molecule has 0 saturated heterocycles. The van der Waals surface area contributed by atoms with Crippen LogP contribution in [0.5, 0.6) is 0 Å². The normalized spacial score (nSPS) is 10.9. The highest BCUT2D eigenvalue weighted by molar-refractivity contribution is 7.99. The minimum absolute atomic E-state index is 0.112. The van der Waals surface area contributed by atoms with Gasteiger partial charge in [0.25, 0.3) is 0 Å². The minimum Gasteiger partial charge on any atom is -0.325 e.